The Morgan fingerprint density at radius 3 is 2.95 bits per heavy atom. The van der Waals surface area contributed by atoms with Gasteiger partial charge >= 0.3 is 0 Å². The molecule has 2 aromatic rings. The standard InChI is InChI=1S/C16H21NS3/c1-10(8-13-5-4-11(2)19-13)17-15-9-12(3)20-16-14(15)6-7-18-16/h4-7,10,12,15,17H,8-9H2,1-3H3/t10?,12-,15?/m0/s1. The predicted molar refractivity (Wildman–Crippen MR) is 92.4 cm³/mol. The largest absolute Gasteiger partial charge is 0.307 e. The highest BCUT2D eigenvalue weighted by molar-refractivity contribution is 8.01. The van der Waals surface area contributed by atoms with Crippen LogP contribution in [0.5, 0.6) is 0 Å². The lowest BCUT2D eigenvalue weighted by molar-refractivity contribution is 0.426. The van der Waals surface area contributed by atoms with E-state index in [2.05, 4.69) is 49.7 Å². The average molecular weight is 324 g/mol. The first-order valence-corrected chi connectivity index (χ1v) is 9.75. The number of hydrogen-bond acceptors (Lipinski definition) is 4. The third-order valence-corrected chi connectivity index (χ3v) is 7.07. The summed E-state index contributed by atoms with van der Waals surface area (Å²) in [6.45, 7) is 6.84. The molecule has 0 aliphatic carbocycles. The van der Waals surface area contributed by atoms with Gasteiger partial charge in [0.25, 0.3) is 0 Å². The first-order chi connectivity index (χ1) is 9.61. The van der Waals surface area contributed by atoms with Crippen LogP contribution in [0.2, 0.25) is 0 Å². The molecule has 20 heavy (non-hydrogen) atoms. The predicted octanol–water partition coefficient (Wildman–Crippen LogP) is 5.26. The van der Waals surface area contributed by atoms with Gasteiger partial charge in [-0.2, -0.15) is 0 Å². The molecule has 0 saturated heterocycles. The van der Waals surface area contributed by atoms with Crippen LogP contribution in [0.25, 0.3) is 0 Å². The molecule has 0 saturated carbocycles. The molecule has 1 N–H and O–H groups in total. The SMILES string of the molecule is Cc1ccc(CC(C)NC2C[C@H](C)Sc3sccc32)s1. The molecule has 0 aromatic carbocycles. The van der Waals surface area contributed by atoms with E-state index >= 15 is 0 Å². The number of aryl methyl sites for hydroxylation is 1. The number of thiophene rings is 2. The Morgan fingerprint density at radius 1 is 1.35 bits per heavy atom. The summed E-state index contributed by atoms with van der Waals surface area (Å²) in [5.74, 6) is 0. The summed E-state index contributed by atoms with van der Waals surface area (Å²) in [7, 11) is 0. The maximum absolute atomic E-state index is 3.85. The summed E-state index contributed by atoms with van der Waals surface area (Å²) in [6.07, 6.45) is 2.37. The van der Waals surface area contributed by atoms with E-state index in [1.165, 1.54) is 25.9 Å². The first kappa shape index (κ1) is 14.6. The first-order valence-electron chi connectivity index (χ1n) is 7.17. The van der Waals surface area contributed by atoms with Crippen molar-refractivity contribution in [3.63, 3.8) is 0 Å². The second-order valence-corrected chi connectivity index (χ2v) is 9.66. The Kier molecular flexibility index (Phi) is 4.55. The molecule has 4 heteroatoms. The van der Waals surface area contributed by atoms with E-state index in [9.17, 15) is 0 Å². The molecule has 3 heterocycles. The van der Waals surface area contributed by atoms with Gasteiger partial charge in [-0.15, -0.1) is 34.4 Å². The van der Waals surface area contributed by atoms with Gasteiger partial charge < -0.3 is 5.32 Å². The fourth-order valence-corrected chi connectivity index (χ4v) is 6.39. The lowest BCUT2D eigenvalue weighted by atomic mass is 10.0. The van der Waals surface area contributed by atoms with Gasteiger partial charge in [0.1, 0.15) is 0 Å². The molecule has 0 radical (unpaired) electrons. The van der Waals surface area contributed by atoms with Crippen LogP contribution in [-0.4, -0.2) is 11.3 Å². The molecule has 1 aliphatic rings. The minimum Gasteiger partial charge on any atom is -0.307 e. The molecule has 1 aliphatic heterocycles. The highest BCUT2D eigenvalue weighted by Crippen LogP contribution is 2.43. The summed E-state index contributed by atoms with van der Waals surface area (Å²) >= 11 is 5.85. The minimum atomic E-state index is 0.529. The molecule has 2 unspecified atom stereocenters. The molecule has 3 rings (SSSR count). The van der Waals surface area contributed by atoms with E-state index in [1.807, 2.05) is 34.4 Å². The molecular formula is C16H21NS3. The van der Waals surface area contributed by atoms with Crippen molar-refractivity contribution in [2.45, 2.75) is 55.2 Å². The van der Waals surface area contributed by atoms with E-state index in [4.69, 9.17) is 0 Å². The number of thioether (sulfide) groups is 1. The van der Waals surface area contributed by atoms with Gasteiger partial charge in [0, 0.05) is 27.1 Å². The van der Waals surface area contributed by atoms with Crippen molar-refractivity contribution in [3.8, 4) is 0 Å². The van der Waals surface area contributed by atoms with Gasteiger partial charge in [-0.3, -0.25) is 0 Å². The Hall–Kier alpha value is -0.290. The summed E-state index contributed by atoms with van der Waals surface area (Å²) in [5, 5.41) is 6.80. The normalized spacial score (nSPS) is 23.6. The number of rotatable bonds is 4. The van der Waals surface area contributed by atoms with Crippen molar-refractivity contribution in [3.05, 3.63) is 38.9 Å². The fraction of sp³-hybridized carbons (Fsp3) is 0.500. The monoisotopic (exact) mass is 323 g/mol. The lowest BCUT2D eigenvalue weighted by Gasteiger charge is -2.30. The van der Waals surface area contributed by atoms with E-state index in [1.54, 1.807) is 0 Å². The minimum absolute atomic E-state index is 0.529. The molecule has 1 nitrogen and oxygen atoms in total. The van der Waals surface area contributed by atoms with E-state index < -0.39 is 0 Å². The van der Waals surface area contributed by atoms with E-state index in [0.29, 0.717) is 12.1 Å². The summed E-state index contributed by atoms with van der Waals surface area (Å²) in [5.41, 5.74) is 1.52. The van der Waals surface area contributed by atoms with Gasteiger partial charge in [0.15, 0.2) is 0 Å². The van der Waals surface area contributed by atoms with E-state index in [0.717, 1.165) is 11.7 Å². The van der Waals surface area contributed by atoms with Crippen LogP contribution in [-0.2, 0) is 6.42 Å². The molecule has 2 aromatic heterocycles. The molecular weight excluding hydrogens is 302 g/mol. The Bertz CT molecular complexity index is 572. The third kappa shape index (κ3) is 3.30. The highest BCUT2D eigenvalue weighted by Gasteiger charge is 2.27. The topological polar surface area (TPSA) is 12.0 Å². The quantitative estimate of drug-likeness (QED) is 0.823. The Labute approximate surface area is 133 Å². The van der Waals surface area contributed by atoms with Crippen molar-refractivity contribution in [1.29, 1.82) is 0 Å². The highest BCUT2D eigenvalue weighted by atomic mass is 32.2. The number of fused-ring (bicyclic) bond motifs is 1. The molecule has 0 bridgehead atoms. The van der Waals surface area contributed by atoms with Gasteiger partial charge in [-0.25, -0.2) is 0 Å². The molecule has 0 spiro atoms. The summed E-state index contributed by atoms with van der Waals surface area (Å²) in [4.78, 5) is 2.90. The number of nitrogens with one attached hydrogen (secondary N) is 1. The van der Waals surface area contributed by atoms with Crippen LogP contribution in [0.15, 0.2) is 27.8 Å². The Balaban J connectivity index is 1.66. The van der Waals surface area contributed by atoms with Crippen molar-refractivity contribution in [2.24, 2.45) is 0 Å². The maximum Gasteiger partial charge on any atom is 0.0649 e. The van der Waals surface area contributed by atoms with Gasteiger partial charge in [-0.1, -0.05) is 6.92 Å². The van der Waals surface area contributed by atoms with Crippen LogP contribution in [0.4, 0.5) is 0 Å². The van der Waals surface area contributed by atoms with Crippen molar-refractivity contribution in [1.82, 2.24) is 5.32 Å². The van der Waals surface area contributed by atoms with Crippen molar-refractivity contribution in [2.75, 3.05) is 0 Å². The Morgan fingerprint density at radius 2 is 2.20 bits per heavy atom. The summed E-state index contributed by atoms with van der Waals surface area (Å²) in [6, 6.07) is 7.86. The molecule has 0 amide bonds. The van der Waals surface area contributed by atoms with Crippen LogP contribution in [0.1, 0.15) is 41.6 Å². The van der Waals surface area contributed by atoms with Gasteiger partial charge in [-0.05, 0) is 55.8 Å². The zero-order valence-electron chi connectivity index (χ0n) is 12.2. The fourth-order valence-electron chi connectivity index (χ4n) is 2.81. The molecule has 108 valence electrons. The van der Waals surface area contributed by atoms with E-state index in [-0.39, 0.29) is 0 Å². The average Bonchev–Trinajstić information content (AvgIpc) is 2.98. The van der Waals surface area contributed by atoms with Crippen LogP contribution < -0.4 is 5.32 Å². The summed E-state index contributed by atoms with van der Waals surface area (Å²) < 4.78 is 1.51. The van der Waals surface area contributed by atoms with Crippen LogP contribution in [0.3, 0.4) is 0 Å². The molecule has 0 fully saturated rings. The third-order valence-electron chi connectivity index (χ3n) is 3.70. The molecule has 3 atom stereocenters. The smallest absolute Gasteiger partial charge is 0.0649 e. The lowest BCUT2D eigenvalue weighted by Crippen LogP contribution is -2.34. The van der Waals surface area contributed by atoms with Crippen LogP contribution in [0, 0.1) is 6.92 Å². The van der Waals surface area contributed by atoms with Crippen molar-refractivity contribution < 1.29 is 0 Å². The second kappa shape index (κ2) is 6.22. The van der Waals surface area contributed by atoms with Gasteiger partial charge in [0.2, 0.25) is 0 Å². The second-order valence-electron chi connectivity index (χ2n) is 5.66. The van der Waals surface area contributed by atoms with Gasteiger partial charge in [0.05, 0.1) is 4.21 Å². The van der Waals surface area contributed by atoms with Crippen LogP contribution >= 0.6 is 34.4 Å². The maximum atomic E-state index is 3.85. The number of hydrogen-bond donors (Lipinski definition) is 1. The zero-order valence-corrected chi connectivity index (χ0v) is 14.6. The zero-order chi connectivity index (χ0) is 14.1. The van der Waals surface area contributed by atoms with Crippen molar-refractivity contribution >= 4 is 34.4 Å².